The van der Waals surface area contributed by atoms with E-state index >= 15 is 0 Å². The highest BCUT2D eigenvalue weighted by atomic mass is 32.2. The third-order valence-electron chi connectivity index (χ3n) is 5.24. The molecule has 3 heterocycles. The van der Waals surface area contributed by atoms with Crippen LogP contribution in [0.15, 0.2) is 33.8 Å². The van der Waals surface area contributed by atoms with E-state index in [0.29, 0.717) is 11.8 Å². The standard InChI is InChI=1S/C21H26N4O3S/c1-13-14(2)25(12-18-6-5-11-27-18)21(22-13)29-15(3)19-23-24-20(28-19)16-7-9-17(26-4)10-8-16/h7-10,15,18H,5-6,11-12H2,1-4H3/t15-,18+/m1/s1. The van der Waals surface area contributed by atoms with Crippen molar-refractivity contribution in [2.24, 2.45) is 0 Å². The quantitative estimate of drug-likeness (QED) is 0.523. The second-order valence-corrected chi connectivity index (χ2v) is 8.55. The lowest BCUT2D eigenvalue weighted by Gasteiger charge is -2.15. The number of rotatable bonds is 7. The smallest absolute Gasteiger partial charge is 0.247 e. The van der Waals surface area contributed by atoms with Crippen molar-refractivity contribution in [3.05, 3.63) is 41.5 Å². The van der Waals surface area contributed by atoms with Crippen LogP contribution in [-0.4, -0.2) is 39.6 Å². The number of hydrogen-bond donors (Lipinski definition) is 0. The van der Waals surface area contributed by atoms with Gasteiger partial charge in [-0.1, -0.05) is 11.8 Å². The Morgan fingerprint density at radius 1 is 1.24 bits per heavy atom. The first kappa shape index (κ1) is 20.0. The average molecular weight is 415 g/mol. The molecule has 3 aromatic rings. The van der Waals surface area contributed by atoms with Crippen molar-refractivity contribution in [1.29, 1.82) is 0 Å². The van der Waals surface area contributed by atoms with Crippen LogP contribution in [0.3, 0.4) is 0 Å². The van der Waals surface area contributed by atoms with E-state index in [1.165, 1.54) is 5.69 Å². The van der Waals surface area contributed by atoms with Gasteiger partial charge in [0.15, 0.2) is 5.16 Å². The van der Waals surface area contributed by atoms with Gasteiger partial charge >= 0.3 is 0 Å². The van der Waals surface area contributed by atoms with Gasteiger partial charge in [-0.25, -0.2) is 4.98 Å². The number of aromatic nitrogens is 4. The molecule has 29 heavy (non-hydrogen) atoms. The van der Waals surface area contributed by atoms with Crippen LogP contribution in [0.5, 0.6) is 5.75 Å². The van der Waals surface area contributed by atoms with Crippen molar-refractivity contribution < 1.29 is 13.9 Å². The third kappa shape index (κ3) is 4.33. The molecule has 0 amide bonds. The third-order valence-corrected chi connectivity index (χ3v) is 6.32. The highest BCUT2D eigenvalue weighted by Crippen LogP contribution is 2.36. The zero-order valence-electron chi connectivity index (χ0n) is 17.2. The molecule has 7 nitrogen and oxygen atoms in total. The van der Waals surface area contributed by atoms with Gasteiger partial charge in [0.1, 0.15) is 5.75 Å². The summed E-state index contributed by atoms with van der Waals surface area (Å²) in [5.74, 6) is 1.88. The largest absolute Gasteiger partial charge is 0.497 e. The van der Waals surface area contributed by atoms with E-state index in [-0.39, 0.29) is 11.4 Å². The molecule has 1 aliphatic rings. The van der Waals surface area contributed by atoms with Crippen LogP contribution >= 0.6 is 11.8 Å². The zero-order chi connectivity index (χ0) is 20.4. The fourth-order valence-electron chi connectivity index (χ4n) is 3.38. The van der Waals surface area contributed by atoms with Crippen molar-refractivity contribution in [3.8, 4) is 17.2 Å². The molecule has 1 saturated heterocycles. The summed E-state index contributed by atoms with van der Waals surface area (Å²) in [4.78, 5) is 4.77. The normalized spacial score (nSPS) is 17.6. The van der Waals surface area contributed by atoms with Crippen molar-refractivity contribution in [2.45, 2.75) is 56.7 Å². The molecule has 0 N–H and O–H groups in total. The number of hydrogen-bond acceptors (Lipinski definition) is 7. The number of nitrogens with zero attached hydrogens (tertiary/aromatic N) is 4. The summed E-state index contributed by atoms with van der Waals surface area (Å²) in [6, 6.07) is 7.58. The van der Waals surface area contributed by atoms with Crippen LogP contribution in [-0.2, 0) is 11.3 Å². The molecule has 1 aliphatic heterocycles. The highest BCUT2D eigenvalue weighted by Gasteiger charge is 2.23. The molecule has 0 radical (unpaired) electrons. The fraction of sp³-hybridized carbons (Fsp3) is 0.476. The van der Waals surface area contributed by atoms with Crippen LogP contribution in [0.4, 0.5) is 0 Å². The Bertz CT molecular complexity index is 961. The maximum Gasteiger partial charge on any atom is 0.247 e. The number of thioether (sulfide) groups is 1. The van der Waals surface area contributed by atoms with Crippen LogP contribution in [0, 0.1) is 13.8 Å². The van der Waals surface area contributed by atoms with Crippen LogP contribution in [0.2, 0.25) is 0 Å². The molecule has 0 unspecified atom stereocenters. The Hall–Kier alpha value is -2.32. The summed E-state index contributed by atoms with van der Waals surface area (Å²) in [5, 5.41) is 9.43. The van der Waals surface area contributed by atoms with Crippen LogP contribution < -0.4 is 4.74 Å². The summed E-state index contributed by atoms with van der Waals surface area (Å²) in [7, 11) is 1.64. The predicted molar refractivity (Wildman–Crippen MR) is 111 cm³/mol. The molecule has 154 valence electrons. The van der Waals surface area contributed by atoms with E-state index in [0.717, 1.165) is 48.2 Å². The molecule has 0 bridgehead atoms. The monoisotopic (exact) mass is 414 g/mol. The number of ether oxygens (including phenoxy) is 2. The lowest BCUT2D eigenvalue weighted by Crippen LogP contribution is -2.16. The van der Waals surface area contributed by atoms with Crippen LogP contribution in [0.1, 0.15) is 42.3 Å². The lowest BCUT2D eigenvalue weighted by molar-refractivity contribution is 0.0944. The minimum Gasteiger partial charge on any atom is -0.497 e. The van der Waals surface area contributed by atoms with Gasteiger partial charge in [-0.2, -0.15) is 0 Å². The van der Waals surface area contributed by atoms with Crippen molar-refractivity contribution >= 4 is 11.8 Å². The first-order chi connectivity index (χ1) is 14.0. The number of imidazole rings is 1. The first-order valence-electron chi connectivity index (χ1n) is 9.85. The van der Waals surface area contributed by atoms with E-state index in [1.807, 2.05) is 31.2 Å². The Balaban J connectivity index is 1.50. The Labute approximate surface area is 174 Å². The predicted octanol–water partition coefficient (Wildman–Crippen LogP) is 4.59. The van der Waals surface area contributed by atoms with E-state index < -0.39 is 0 Å². The summed E-state index contributed by atoms with van der Waals surface area (Å²) in [5.41, 5.74) is 3.09. The Kier molecular flexibility index (Phi) is 5.91. The first-order valence-corrected chi connectivity index (χ1v) is 10.7. The Morgan fingerprint density at radius 3 is 2.72 bits per heavy atom. The summed E-state index contributed by atoms with van der Waals surface area (Å²) < 4.78 is 19.2. The summed E-state index contributed by atoms with van der Waals surface area (Å²) in [6.45, 7) is 7.91. The molecule has 0 spiro atoms. The van der Waals surface area contributed by atoms with Gasteiger partial charge in [0.05, 0.1) is 30.7 Å². The van der Waals surface area contributed by atoms with Gasteiger partial charge in [0.25, 0.3) is 0 Å². The summed E-state index contributed by atoms with van der Waals surface area (Å²) >= 11 is 1.64. The lowest BCUT2D eigenvalue weighted by atomic mass is 10.2. The molecule has 0 aliphatic carbocycles. The zero-order valence-corrected chi connectivity index (χ0v) is 18.0. The van der Waals surface area contributed by atoms with E-state index in [2.05, 4.69) is 28.6 Å². The maximum absolute atomic E-state index is 5.94. The molecular weight excluding hydrogens is 388 g/mol. The maximum atomic E-state index is 5.94. The number of aryl methyl sites for hydroxylation is 1. The second kappa shape index (κ2) is 8.59. The van der Waals surface area contributed by atoms with Gasteiger partial charge in [-0.15, -0.1) is 10.2 Å². The molecule has 2 atom stereocenters. The fourth-order valence-corrected chi connectivity index (χ4v) is 4.42. The van der Waals surface area contributed by atoms with Gasteiger partial charge in [-0.05, 0) is 57.9 Å². The van der Waals surface area contributed by atoms with Crippen molar-refractivity contribution in [2.75, 3.05) is 13.7 Å². The second-order valence-electron chi connectivity index (χ2n) is 7.24. The summed E-state index contributed by atoms with van der Waals surface area (Å²) in [6.07, 6.45) is 2.50. The van der Waals surface area contributed by atoms with Gasteiger partial charge in [0.2, 0.25) is 11.8 Å². The topological polar surface area (TPSA) is 75.2 Å². The van der Waals surface area contributed by atoms with Crippen molar-refractivity contribution in [1.82, 2.24) is 19.7 Å². The molecular formula is C21H26N4O3S. The van der Waals surface area contributed by atoms with Crippen molar-refractivity contribution in [3.63, 3.8) is 0 Å². The van der Waals surface area contributed by atoms with E-state index in [4.69, 9.17) is 18.9 Å². The van der Waals surface area contributed by atoms with Gasteiger partial charge < -0.3 is 18.5 Å². The number of methoxy groups -OCH3 is 1. The molecule has 4 rings (SSSR count). The molecule has 0 saturated carbocycles. The minimum absolute atomic E-state index is 0.0149. The molecule has 1 fully saturated rings. The molecule has 2 aromatic heterocycles. The molecule has 8 heteroatoms. The van der Waals surface area contributed by atoms with Crippen LogP contribution in [0.25, 0.3) is 11.5 Å². The minimum atomic E-state index is -0.0149. The Morgan fingerprint density at radius 2 is 2.03 bits per heavy atom. The van der Waals surface area contributed by atoms with E-state index in [9.17, 15) is 0 Å². The van der Waals surface area contributed by atoms with Gasteiger partial charge in [0, 0.05) is 17.9 Å². The molecule has 1 aromatic carbocycles. The highest BCUT2D eigenvalue weighted by molar-refractivity contribution is 7.99. The number of benzene rings is 1. The van der Waals surface area contributed by atoms with Gasteiger partial charge in [-0.3, -0.25) is 0 Å². The average Bonchev–Trinajstić information content (AvgIpc) is 3.47. The van der Waals surface area contributed by atoms with E-state index in [1.54, 1.807) is 18.9 Å². The SMILES string of the molecule is COc1ccc(-c2nnc([C@@H](C)Sc3nc(C)c(C)n3C[C@@H]3CCCO3)o2)cc1.